The molecule has 0 unspecified atom stereocenters. The van der Waals surface area contributed by atoms with Gasteiger partial charge in [0.2, 0.25) is 0 Å². The summed E-state index contributed by atoms with van der Waals surface area (Å²) in [5, 5.41) is 10.6. The highest BCUT2D eigenvalue weighted by molar-refractivity contribution is 9.10. The Hall–Kier alpha value is -1.78. The molecule has 0 radical (unpaired) electrons. The summed E-state index contributed by atoms with van der Waals surface area (Å²) < 4.78 is 0.943. The molecule has 0 amide bonds. The van der Waals surface area contributed by atoms with Crippen molar-refractivity contribution in [2.24, 2.45) is 0 Å². The number of rotatable bonds is 3. The van der Waals surface area contributed by atoms with E-state index in [0.717, 1.165) is 32.2 Å². The van der Waals surface area contributed by atoms with Crippen molar-refractivity contribution < 1.29 is 9.90 Å². The summed E-state index contributed by atoms with van der Waals surface area (Å²) in [4.78, 5) is 14.5. The molecule has 3 rings (SSSR count). The molecule has 106 valence electrons. The Morgan fingerprint density at radius 2 is 2.05 bits per heavy atom. The Kier molecular flexibility index (Phi) is 3.74. The molecule has 0 fully saturated rings. The van der Waals surface area contributed by atoms with Crippen LogP contribution >= 0.6 is 27.5 Å². The lowest BCUT2D eigenvalue weighted by molar-refractivity contribution is -0.136. The molecule has 2 N–H and O–H groups in total. The third-order valence-corrected chi connectivity index (χ3v) is 4.04. The van der Waals surface area contributed by atoms with E-state index in [1.165, 1.54) is 0 Å². The Morgan fingerprint density at radius 1 is 1.24 bits per heavy atom. The quantitative estimate of drug-likeness (QED) is 0.696. The van der Waals surface area contributed by atoms with Gasteiger partial charge in [-0.05, 0) is 41.5 Å². The van der Waals surface area contributed by atoms with Gasteiger partial charge in [0.1, 0.15) is 0 Å². The lowest BCUT2D eigenvalue weighted by atomic mass is 10.0. The Labute approximate surface area is 134 Å². The van der Waals surface area contributed by atoms with E-state index in [2.05, 4.69) is 20.9 Å². The number of benzene rings is 2. The summed E-state index contributed by atoms with van der Waals surface area (Å²) in [5.41, 5.74) is 3.38. The average Bonchev–Trinajstić information content (AvgIpc) is 2.76. The highest BCUT2D eigenvalue weighted by Gasteiger charge is 2.16. The normalized spacial score (nSPS) is 11.0. The van der Waals surface area contributed by atoms with Crippen LogP contribution in [0.2, 0.25) is 5.02 Å². The second-order valence-electron chi connectivity index (χ2n) is 4.75. The predicted molar refractivity (Wildman–Crippen MR) is 87.8 cm³/mol. The third-order valence-electron chi connectivity index (χ3n) is 3.31. The smallest absolute Gasteiger partial charge is 0.307 e. The summed E-state index contributed by atoms with van der Waals surface area (Å²) >= 11 is 9.48. The Bertz CT molecular complexity index is 841. The highest BCUT2D eigenvalue weighted by Crippen LogP contribution is 2.33. The van der Waals surface area contributed by atoms with Gasteiger partial charge in [-0.1, -0.05) is 39.7 Å². The maximum atomic E-state index is 11.2. The van der Waals surface area contributed by atoms with Crippen molar-refractivity contribution in [2.75, 3.05) is 0 Å². The van der Waals surface area contributed by atoms with Crippen LogP contribution in [-0.2, 0) is 11.2 Å². The molecular weight excluding hydrogens is 354 g/mol. The fourth-order valence-corrected chi connectivity index (χ4v) is 3.02. The molecule has 0 atom stereocenters. The zero-order chi connectivity index (χ0) is 15.0. The van der Waals surface area contributed by atoms with Gasteiger partial charge in [0.25, 0.3) is 0 Å². The number of aliphatic carboxylic acids is 1. The van der Waals surface area contributed by atoms with E-state index >= 15 is 0 Å². The summed E-state index contributed by atoms with van der Waals surface area (Å²) in [6.07, 6.45) is -0.0534. The van der Waals surface area contributed by atoms with Gasteiger partial charge < -0.3 is 10.1 Å². The van der Waals surface area contributed by atoms with Gasteiger partial charge in [0, 0.05) is 20.4 Å². The number of H-pyrrole nitrogens is 1. The topological polar surface area (TPSA) is 53.1 Å². The van der Waals surface area contributed by atoms with Crippen LogP contribution in [0.3, 0.4) is 0 Å². The molecule has 0 spiro atoms. The molecule has 0 aliphatic heterocycles. The molecule has 2 aromatic carbocycles. The van der Waals surface area contributed by atoms with E-state index in [0.29, 0.717) is 5.02 Å². The largest absolute Gasteiger partial charge is 0.481 e. The molecule has 0 aliphatic carbocycles. The average molecular weight is 365 g/mol. The number of fused-ring (bicyclic) bond motifs is 1. The molecule has 3 aromatic rings. The van der Waals surface area contributed by atoms with E-state index in [1.54, 1.807) is 12.1 Å². The second-order valence-corrected chi connectivity index (χ2v) is 6.10. The first-order chi connectivity index (χ1) is 10.0. The van der Waals surface area contributed by atoms with Crippen LogP contribution in [-0.4, -0.2) is 16.1 Å². The van der Waals surface area contributed by atoms with Crippen LogP contribution in [0.15, 0.2) is 46.9 Å². The molecule has 0 saturated carbocycles. The van der Waals surface area contributed by atoms with Gasteiger partial charge in [-0.15, -0.1) is 0 Å². The molecule has 21 heavy (non-hydrogen) atoms. The van der Waals surface area contributed by atoms with Crippen LogP contribution in [0.1, 0.15) is 5.56 Å². The molecule has 0 saturated heterocycles. The standard InChI is InChI=1S/C16H11BrClNO2/c17-10-3-1-2-9(6-10)16-13(8-15(20)21)12-7-11(18)4-5-14(12)19-16/h1-7,19H,8H2,(H,20,21). The minimum atomic E-state index is -0.868. The fourth-order valence-electron chi connectivity index (χ4n) is 2.45. The zero-order valence-electron chi connectivity index (χ0n) is 10.9. The Morgan fingerprint density at radius 3 is 2.76 bits per heavy atom. The molecule has 0 bridgehead atoms. The van der Waals surface area contributed by atoms with E-state index in [1.807, 2.05) is 30.3 Å². The fraction of sp³-hybridized carbons (Fsp3) is 0.0625. The summed E-state index contributed by atoms with van der Waals surface area (Å²) in [6.45, 7) is 0. The third kappa shape index (κ3) is 2.82. The minimum absolute atomic E-state index is 0.0534. The van der Waals surface area contributed by atoms with E-state index in [9.17, 15) is 9.90 Å². The highest BCUT2D eigenvalue weighted by atomic mass is 79.9. The van der Waals surface area contributed by atoms with Crippen molar-refractivity contribution in [3.63, 3.8) is 0 Å². The maximum absolute atomic E-state index is 11.2. The number of hydrogen-bond acceptors (Lipinski definition) is 1. The van der Waals surface area contributed by atoms with Crippen molar-refractivity contribution >= 4 is 44.4 Å². The van der Waals surface area contributed by atoms with Gasteiger partial charge in [0.15, 0.2) is 0 Å². The van der Waals surface area contributed by atoms with E-state index in [-0.39, 0.29) is 6.42 Å². The number of aromatic amines is 1. The van der Waals surface area contributed by atoms with Crippen molar-refractivity contribution in [3.05, 3.63) is 57.5 Å². The van der Waals surface area contributed by atoms with Gasteiger partial charge in [-0.2, -0.15) is 0 Å². The first-order valence-corrected chi connectivity index (χ1v) is 7.49. The monoisotopic (exact) mass is 363 g/mol. The van der Waals surface area contributed by atoms with Gasteiger partial charge in [-0.25, -0.2) is 0 Å². The molecular formula is C16H11BrClNO2. The SMILES string of the molecule is O=C(O)Cc1c(-c2cccc(Br)c2)[nH]c2ccc(Cl)cc12. The number of carboxylic acids is 1. The molecule has 0 aliphatic rings. The number of nitrogens with one attached hydrogen (secondary N) is 1. The van der Waals surface area contributed by atoms with Crippen molar-refractivity contribution in [1.29, 1.82) is 0 Å². The number of halogens is 2. The molecule has 1 heterocycles. The first kappa shape index (κ1) is 14.2. The Balaban J connectivity index is 2.28. The van der Waals surface area contributed by atoms with Crippen molar-refractivity contribution in [1.82, 2.24) is 4.98 Å². The molecule has 1 aromatic heterocycles. The summed E-state index contributed by atoms with van der Waals surface area (Å²) in [7, 11) is 0. The number of hydrogen-bond donors (Lipinski definition) is 2. The molecule has 5 heteroatoms. The van der Waals surface area contributed by atoms with E-state index in [4.69, 9.17) is 11.6 Å². The summed E-state index contributed by atoms with van der Waals surface area (Å²) in [5.74, 6) is -0.868. The summed E-state index contributed by atoms with van der Waals surface area (Å²) in [6, 6.07) is 13.2. The van der Waals surface area contributed by atoms with Crippen LogP contribution in [0.5, 0.6) is 0 Å². The van der Waals surface area contributed by atoms with Crippen LogP contribution in [0.4, 0.5) is 0 Å². The van der Waals surface area contributed by atoms with Crippen molar-refractivity contribution in [3.8, 4) is 11.3 Å². The lowest BCUT2D eigenvalue weighted by Crippen LogP contribution is -2.00. The van der Waals surface area contributed by atoms with Gasteiger partial charge in [-0.3, -0.25) is 4.79 Å². The van der Waals surface area contributed by atoms with Crippen LogP contribution < -0.4 is 0 Å². The number of aromatic nitrogens is 1. The lowest BCUT2D eigenvalue weighted by Gasteiger charge is -2.03. The van der Waals surface area contributed by atoms with Crippen molar-refractivity contribution in [2.45, 2.75) is 6.42 Å². The molecule has 3 nitrogen and oxygen atoms in total. The number of carbonyl (C=O) groups is 1. The first-order valence-electron chi connectivity index (χ1n) is 6.32. The van der Waals surface area contributed by atoms with Crippen LogP contribution in [0.25, 0.3) is 22.2 Å². The predicted octanol–water partition coefficient (Wildman–Crippen LogP) is 4.88. The zero-order valence-corrected chi connectivity index (χ0v) is 13.2. The minimum Gasteiger partial charge on any atom is -0.481 e. The maximum Gasteiger partial charge on any atom is 0.307 e. The van der Waals surface area contributed by atoms with Gasteiger partial charge in [0.05, 0.1) is 12.1 Å². The van der Waals surface area contributed by atoms with E-state index < -0.39 is 5.97 Å². The van der Waals surface area contributed by atoms with Crippen LogP contribution in [0, 0.1) is 0 Å². The van der Waals surface area contributed by atoms with Gasteiger partial charge >= 0.3 is 5.97 Å². The number of carboxylic acid groups (broad SMARTS) is 1. The second kappa shape index (κ2) is 5.54.